The summed E-state index contributed by atoms with van der Waals surface area (Å²) in [6, 6.07) is 25.1. The van der Waals surface area contributed by atoms with E-state index < -0.39 is 0 Å². The Morgan fingerprint density at radius 3 is 2.57 bits per heavy atom. The van der Waals surface area contributed by atoms with Crippen LogP contribution >= 0.6 is 0 Å². The molecule has 30 heavy (non-hydrogen) atoms. The summed E-state index contributed by atoms with van der Waals surface area (Å²) in [7, 11) is 2.03. The molecule has 0 radical (unpaired) electrons. The first-order valence-corrected chi connectivity index (χ1v) is 10.7. The quantitative estimate of drug-likeness (QED) is 0.420. The van der Waals surface area contributed by atoms with Gasteiger partial charge in [-0.05, 0) is 59.9 Å². The molecule has 3 aliphatic carbocycles. The zero-order chi connectivity index (χ0) is 20.3. The largest absolute Gasteiger partial charge is 0.351 e. The molecule has 1 atom stereocenters. The highest BCUT2D eigenvalue weighted by Gasteiger charge is 2.70. The van der Waals surface area contributed by atoms with Crippen LogP contribution in [0.15, 0.2) is 85.2 Å². The molecular weight excluding hydrogens is 368 g/mol. The zero-order valence-corrected chi connectivity index (χ0v) is 17.1. The van der Waals surface area contributed by atoms with Crippen molar-refractivity contribution in [2.24, 2.45) is 12.5 Å². The Morgan fingerprint density at radius 2 is 1.80 bits per heavy atom. The van der Waals surface area contributed by atoms with Crippen molar-refractivity contribution in [3.63, 3.8) is 0 Å². The molecule has 3 saturated carbocycles. The Bertz CT molecular complexity index is 1250. The molecule has 3 nitrogen and oxygen atoms in total. The maximum Gasteiger partial charge on any atom is 0.169 e. The lowest BCUT2D eigenvalue weighted by molar-refractivity contribution is 0.0537. The van der Waals surface area contributed by atoms with Crippen LogP contribution < -0.4 is 0 Å². The van der Waals surface area contributed by atoms with Gasteiger partial charge in [0.2, 0.25) is 0 Å². The summed E-state index contributed by atoms with van der Waals surface area (Å²) in [6.45, 7) is 0. The molecule has 2 aromatic carbocycles. The van der Waals surface area contributed by atoms with Crippen LogP contribution in [0, 0.1) is 5.41 Å². The minimum absolute atomic E-state index is 0.0915. The highest BCUT2D eigenvalue weighted by molar-refractivity contribution is 6.05. The molecule has 3 heteroatoms. The highest BCUT2D eigenvalue weighted by Crippen LogP contribution is 2.73. The third-order valence-electron chi connectivity index (χ3n) is 7.60. The molecule has 3 aliphatic rings. The highest BCUT2D eigenvalue weighted by atomic mass is 16.1. The van der Waals surface area contributed by atoms with E-state index in [9.17, 15) is 4.79 Å². The molecule has 0 amide bonds. The van der Waals surface area contributed by atoms with Gasteiger partial charge in [0.05, 0.1) is 0 Å². The summed E-state index contributed by atoms with van der Waals surface area (Å²) < 4.78 is 2.09. The first kappa shape index (κ1) is 17.6. The smallest absolute Gasteiger partial charge is 0.169 e. The van der Waals surface area contributed by atoms with E-state index in [4.69, 9.17) is 0 Å². The number of hydrogen-bond acceptors (Lipinski definition) is 2. The number of pyridine rings is 1. The van der Waals surface area contributed by atoms with Crippen LogP contribution in [0.2, 0.25) is 0 Å². The molecule has 2 aromatic heterocycles. The number of benzene rings is 2. The summed E-state index contributed by atoms with van der Waals surface area (Å²) in [6.07, 6.45) is 6.72. The molecule has 0 spiro atoms. The van der Waals surface area contributed by atoms with Crippen molar-refractivity contribution >= 4 is 16.7 Å². The second kappa shape index (κ2) is 6.15. The number of fused-ring (bicyclic) bond motifs is 2. The second-order valence-electron chi connectivity index (χ2n) is 9.20. The van der Waals surface area contributed by atoms with E-state index in [0.717, 1.165) is 36.0 Å². The van der Waals surface area contributed by atoms with Gasteiger partial charge in [0.1, 0.15) is 0 Å². The lowest BCUT2D eigenvalue weighted by atomic mass is 9.54. The van der Waals surface area contributed by atoms with Gasteiger partial charge in [-0.2, -0.15) is 0 Å². The van der Waals surface area contributed by atoms with E-state index >= 15 is 0 Å². The number of rotatable bonds is 4. The lowest BCUT2D eigenvalue weighted by Crippen LogP contribution is -2.47. The number of Topliss-reactive ketones (excluding diaryl/α,β-unsaturated/α-hetero) is 1. The van der Waals surface area contributed by atoms with E-state index in [0.29, 0.717) is 0 Å². The third-order valence-corrected chi connectivity index (χ3v) is 7.60. The van der Waals surface area contributed by atoms with Gasteiger partial charge in [-0.3, -0.25) is 9.78 Å². The second-order valence-corrected chi connectivity index (χ2v) is 9.20. The zero-order valence-electron chi connectivity index (χ0n) is 17.1. The normalized spacial score (nSPS) is 27.2. The topological polar surface area (TPSA) is 34.9 Å². The van der Waals surface area contributed by atoms with Crippen molar-refractivity contribution in [3.8, 4) is 0 Å². The van der Waals surface area contributed by atoms with Crippen molar-refractivity contribution in [3.05, 3.63) is 102 Å². The molecular formula is C27H24N2O. The Morgan fingerprint density at radius 1 is 1.00 bits per heavy atom. The average molecular weight is 393 g/mol. The molecule has 0 saturated heterocycles. The Kier molecular flexibility index (Phi) is 3.62. The predicted molar refractivity (Wildman–Crippen MR) is 119 cm³/mol. The summed E-state index contributed by atoms with van der Waals surface area (Å²) in [5, 5.41) is 1.17. The number of aryl methyl sites for hydroxylation is 1. The van der Waals surface area contributed by atoms with E-state index in [-0.39, 0.29) is 22.5 Å². The SMILES string of the molecule is Cn1ccc2ccc(C(=O)C34CC(c5ccccc5)(C[C@H]3c3ccccn3)C4)cc21. The molecule has 0 unspecified atom stereocenters. The van der Waals surface area contributed by atoms with Crippen molar-refractivity contribution in [2.75, 3.05) is 0 Å². The van der Waals surface area contributed by atoms with Gasteiger partial charge < -0.3 is 4.57 Å². The molecule has 2 heterocycles. The van der Waals surface area contributed by atoms with Crippen molar-refractivity contribution in [2.45, 2.75) is 30.6 Å². The van der Waals surface area contributed by atoms with Crippen LogP contribution in [0.25, 0.3) is 10.9 Å². The number of carbonyl (C=O) groups excluding carboxylic acids is 1. The fourth-order valence-corrected chi connectivity index (χ4v) is 6.23. The summed E-state index contributed by atoms with van der Waals surface area (Å²) in [4.78, 5) is 18.7. The van der Waals surface area contributed by atoms with Crippen LogP contribution in [0.3, 0.4) is 0 Å². The van der Waals surface area contributed by atoms with Crippen molar-refractivity contribution in [1.29, 1.82) is 0 Å². The third kappa shape index (κ3) is 2.32. The standard InChI is InChI=1S/C27H24N2O/c1-29-14-12-19-10-11-20(15-24(19)29)25(30)27-17-26(18-27,21-7-3-2-4-8-21)16-22(27)23-9-5-6-13-28-23/h2-15,22H,16-18H2,1H3/t22-,26?,27?/m0/s1. The summed E-state index contributed by atoms with van der Waals surface area (Å²) >= 11 is 0. The fraction of sp³-hybridized carbons (Fsp3) is 0.259. The molecule has 148 valence electrons. The van der Waals surface area contributed by atoms with Gasteiger partial charge in [0.25, 0.3) is 0 Å². The van der Waals surface area contributed by atoms with Crippen LogP contribution in [-0.4, -0.2) is 15.3 Å². The molecule has 7 rings (SSSR count). The monoisotopic (exact) mass is 392 g/mol. The number of nitrogens with zero attached hydrogens (tertiary/aromatic N) is 2. The van der Waals surface area contributed by atoms with Gasteiger partial charge >= 0.3 is 0 Å². The van der Waals surface area contributed by atoms with Crippen LogP contribution in [0.5, 0.6) is 0 Å². The Balaban J connectivity index is 1.45. The van der Waals surface area contributed by atoms with Gasteiger partial charge in [-0.1, -0.05) is 48.5 Å². The average Bonchev–Trinajstić information content (AvgIpc) is 3.43. The molecule has 0 N–H and O–H groups in total. The fourth-order valence-electron chi connectivity index (χ4n) is 6.23. The minimum atomic E-state index is -0.358. The summed E-state index contributed by atoms with van der Waals surface area (Å²) in [5.41, 5.74) is 4.09. The summed E-state index contributed by atoms with van der Waals surface area (Å²) in [5.74, 6) is 0.445. The number of carbonyl (C=O) groups is 1. The first-order valence-electron chi connectivity index (χ1n) is 10.7. The Labute approximate surface area is 176 Å². The van der Waals surface area contributed by atoms with Crippen LogP contribution in [0.1, 0.15) is 46.8 Å². The van der Waals surface area contributed by atoms with Gasteiger partial charge in [0.15, 0.2) is 5.78 Å². The van der Waals surface area contributed by atoms with Crippen molar-refractivity contribution in [1.82, 2.24) is 9.55 Å². The first-order chi connectivity index (χ1) is 14.6. The predicted octanol–water partition coefficient (Wildman–Crippen LogP) is 5.66. The molecule has 0 aliphatic heterocycles. The maximum atomic E-state index is 14.0. The van der Waals surface area contributed by atoms with Crippen molar-refractivity contribution < 1.29 is 4.79 Å². The number of hydrogen-bond donors (Lipinski definition) is 0. The minimum Gasteiger partial charge on any atom is -0.351 e. The molecule has 2 bridgehead atoms. The van der Waals surface area contributed by atoms with E-state index in [1.54, 1.807) is 0 Å². The number of aromatic nitrogens is 2. The van der Waals surface area contributed by atoms with Gasteiger partial charge in [-0.25, -0.2) is 0 Å². The molecule has 3 fully saturated rings. The van der Waals surface area contributed by atoms with E-state index in [1.807, 2.05) is 37.6 Å². The van der Waals surface area contributed by atoms with Gasteiger partial charge in [0, 0.05) is 47.5 Å². The van der Waals surface area contributed by atoms with Crippen LogP contribution in [-0.2, 0) is 12.5 Å². The lowest BCUT2D eigenvalue weighted by Gasteiger charge is -2.48. The van der Waals surface area contributed by atoms with Crippen LogP contribution in [0.4, 0.5) is 0 Å². The van der Waals surface area contributed by atoms with E-state index in [2.05, 4.69) is 64.1 Å². The molecule has 4 aromatic rings. The van der Waals surface area contributed by atoms with E-state index in [1.165, 1.54) is 10.9 Å². The number of ketones is 1. The van der Waals surface area contributed by atoms with Gasteiger partial charge in [-0.15, -0.1) is 0 Å². The maximum absolute atomic E-state index is 14.0. The Hall–Kier alpha value is -3.20.